The van der Waals surface area contributed by atoms with Crippen molar-refractivity contribution >= 4 is 5.91 Å². The summed E-state index contributed by atoms with van der Waals surface area (Å²) >= 11 is 0. The summed E-state index contributed by atoms with van der Waals surface area (Å²) in [5, 5.41) is 6.28. The number of hydrogen-bond donors (Lipinski definition) is 2. The molecule has 1 aromatic rings. The number of amides is 1. The molecular weight excluding hydrogens is 194 g/mol. The second-order valence-electron chi connectivity index (χ2n) is 3.91. The fourth-order valence-corrected chi connectivity index (χ4v) is 1.06. The predicted octanol–water partition coefficient (Wildman–Crippen LogP) is 0.696. The van der Waals surface area contributed by atoms with Gasteiger partial charge in [0.15, 0.2) is 0 Å². The number of aromatic nitrogens is 1. The van der Waals surface area contributed by atoms with E-state index in [9.17, 15) is 4.79 Å². The molecule has 0 aliphatic rings. The van der Waals surface area contributed by atoms with Crippen LogP contribution in [0.5, 0.6) is 0 Å². The van der Waals surface area contributed by atoms with E-state index in [0.29, 0.717) is 23.8 Å². The van der Waals surface area contributed by atoms with Gasteiger partial charge in [0.25, 0.3) is 5.91 Å². The van der Waals surface area contributed by atoms with Gasteiger partial charge < -0.3 is 15.6 Å². The first-order valence-electron chi connectivity index (χ1n) is 4.97. The SMILES string of the molecule is Cc1oncc1C(=O)NCC(N)C(C)C. The van der Waals surface area contributed by atoms with Crippen LogP contribution in [0, 0.1) is 12.8 Å². The minimum Gasteiger partial charge on any atom is -0.361 e. The Morgan fingerprint density at radius 1 is 1.67 bits per heavy atom. The van der Waals surface area contributed by atoms with Crippen molar-refractivity contribution in [3.05, 3.63) is 17.5 Å². The van der Waals surface area contributed by atoms with Crippen LogP contribution in [-0.2, 0) is 0 Å². The first-order valence-corrected chi connectivity index (χ1v) is 4.97. The maximum Gasteiger partial charge on any atom is 0.256 e. The molecule has 0 radical (unpaired) electrons. The average Bonchev–Trinajstić information content (AvgIpc) is 2.60. The van der Waals surface area contributed by atoms with Crippen LogP contribution in [0.25, 0.3) is 0 Å². The number of aryl methyl sites for hydroxylation is 1. The summed E-state index contributed by atoms with van der Waals surface area (Å²) in [5.74, 6) is 0.671. The number of carbonyl (C=O) groups excluding carboxylic acids is 1. The molecule has 0 aliphatic heterocycles. The highest BCUT2D eigenvalue weighted by molar-refractivity contribution is 5.94. The van der Waals surface area contributed by atoms with Crippen LogP contribution in [0.15, 0.2) is 10.7 Å². The van der Waals surface area contributed by atoms with E-state index in [1.165, 1.54) is 6.20 Å². The first-order chi connectivity index (χ1) is 7.02. The lowest BCUT2D eigenvalue weighted by Crippen LogP contribution is -2.40. The van der Waals surface area contributed by atoms with Crippen molar-refractivity contribution in [2.24, 2.45) is 11.7 Å². The number of nitrogens with two attached hydrogens (primary N) is 1. The third kappa shape index (κ3) is 3.06. The number of nitrogens with zero attached hydrogens (tertiary/aromatic N) is 1. The van der Waals surface area contributed by atoms with E-state index in [0.717, 1.165) is 0 Å². The Morgan fingerprint density at radius 3 is 2.80 bits per heavy atom. The molecule has 5 heteroatoms. The third-order valence-corrected chi connectivity index (χ3v) is 2.35. The summed E-state index contributed by atoms with van der Waals surface area (Å²) < 4.78 is 4.80. The highest BCUT2D eigenvalue weighted by Gasteiger charge is 2.14. The van der Waals surface area contributed by atoms with E-state index in [1.807, 2.05) is 13.8 Å². The molecule has 0 bridgehead atoms. The largest absolute Gasteiger partial charge is 0.361 e. The summed E-state index contributed by atoms with van der Waals surface area (Å²) in [6.45, 7) is 6.19. The molecule has 1 amide bonds. The van der Waals surface area contributed by atoms with Crippen LogP contribution in [0.4, 0.5) is 0 Å². The van der Waals surface area contributed by atoms with Gasteiger partial charge in [0.05, 0.1) is 6.20 Å². The maximum absolute atomic E-state index is 11.6. The third-order valence-electron chi connectivity index (χ3n) is 2.35. The molecule has 0 saturated heterocycles. The molecule has 5 nitrogen and oxygen atoms in total. The van der Waals surface area contributed by atoms with Crippen molar-refractivity contribution in [3.63, 3.8) is 0 Å². The molecule has 1 heterocycles. The van der Waals surface area contributed by atoms with Gasteiger partial charge in [-0.05, 0) is 12.8 Å². The molecule has 1 aromatic heterocycles. The molecule has 3 N–H and O–H groups in total. The summed E-state index contributed by atoms with van der Waals surface area (Å²) in [6.07, 6.45) is 1.41. The van der Waals surface area contributed by atoms with Crippen molar-refractivity contribution in [1.82, 2.24) is 10.5 Å². The van der Waals surface area contributed by atoms with Gasteiger partial charge in [0.2, 0.25) is 0 Å². The van der Waals surface area contributed by atoms with Gasteiger partial charge in [-0.15, -0.1) is 0 Å². The van der Waals surface area contributed by atoms with E-state index < -0.39 is 0 Å². The van der Waals surface area contributed by atoms with E-state index in [2.05, 4.69) is 10.5 Å². The van der Waals surface area contributed by atoms with Crippen molar-refractivity contribution in [3.8, 4) is 0 Å². The van der Waals surface area contributed by atoms with E-state index in [1.54, 1.807) is 6.92 Å². The van der Waals surface area contributed by atoms with Gasteiger partial charge >= 0.3 is 0 Å². The minimum atomic E-state index is -0.190. The van der Waals surface area contributed by atoms with Crippen molar-refractivity contribution in [2.45, 2.75) is 26.8 Å². The highest BCUT2D eigenvalue weighted by Crippen LogP contribution is 2.05. The van der Waals surface area contributed by atoms with Crippen molar-refractivity contribution < 1.29 is 9.32 Å². The average molecular weight is 211 g/mol. The quantitative estimate of drug-likeness (QED) is 0.768. The predicted molar refractivity (Wildman–Crippen MR) is 56.4 cm³/mol. The van der Waals surface area contributed by atoms with Gasteiger partial charge in [-0.25, -0.2) is 0 Å². The number of nitrogens with one attached hydrogen (secondary N) is 1. The van der Waals surface area contributed by atoms with Crippen LogP contribution in [-0.4, -0.2) is 23.7 Å². The van der Waals surface area contributed by atoms with Crippen molar-refractivity contribution in [2.75, 3.05) is 6.54 Å². The molecule has 0 saturated carbocycles. The van der Waals surface area contributed by atoms with Crippen molar-refractivity contribution in [1.29, 1.82) is 0 Å². The second kappa shape index (κ2) is 4.93. The van der Waals surface area contributed by atoms with E-state index in [4.69, 9.17) is 10.3 Å². The van der Waals surface area contributed by atoms with Crippen LogP contribution in [0.2, 0.25) is 0 Å². The highest BCUT2D eigenvalue weighted by atomic mass is 16.5. The molecular formula is C10H17N3O2. The van der Waals surface area contributed by atoms with Crippen LogP contribution in [0.3, 0.4) is 0 Å². The Labute approximate surface area is 89.0 Å². The minimum absolute atomic E-state index is 0.0332. The Kier molecular flexibility index (Phi) is 3.85. The topological polar surface area (TPSA) is 81.2 Å². The lowest BCUT2D eigenvalue weighted by molar-refractivity contribution is 0.0947. The zero-order valence-electron chi connectivity index (χ0n) is 9.28. The molecule has 84 valence electrons. The Bertz CT molecular complexity index is 333. The van der Waals surface area contributed by atoms with Crippen LogP contribution < -0.4 is 11.1 Å². The zero-order valence-corrected chi connectivity index (χ0v) is 9.28. The van der Waals surface area contributed by atoms with Crippen LogP contribution in [0.1, 0.15) is 30.0 Å². The molecule has 0 aromatic carbocycles. The summed E-state index contributed by atoms with van der Waals surface area (Å²) in [5.41, 5.74) is 6.27. The Hall–Kier alpha value is -1.36. The molecule has 0 aliphatic carbocycles. The monoisotopic (exact) mass is 211 g/mol. The molecule has 1 unspecified atom stereocenters. The lowest BCUT2D eigenvalue weighted by Gasteiger charge is -2.15. The summed E-state index contributed by atoms with van der Waals surface area (Å²) in [6, 6.07) is -0.0332. The maximum atomic E-state index is 11.6. The summed E-state index contributed by atoms with van der Waals surface area (Å²) in [4.78, 5) is 11.6. The van der Waals surface area contributed by atoms with Gasteiger partial charge in [-0.1, -0.05) is 19.0 Å². The van der Waals surface area contributed by atoms with E-state index in [-0.39, 0.29) is 11.9 Å². The Balaban J connectivity index is 2.47. The smallest absolute Gasteiger partial charge is 0.256 e. The van der Waals surface area contributed by atoms with Gasteiger partial charge in [0, 0.05) is 12.6 Å². The van der Waals surface area contributed by atoms with Gasteiger partial charge in [-0.3, -0.25) is 4.79 Å². The molecule has 1 atom stereocenters. The fraction of sp³-hybridized carbons (Fsp3) is 0.600. The Morgan fingerprint density at radius 2 is 2.33 bits per heavy atom. The molecule has 1 rings (SSSR count). The molecule has 0 fully saturated rings. The van der Waals surface area contributed by atoms with Crippen LogP contribution >= 0.6 is 0 Å². The number of carbonyl (C=O) groups is 1. The molecule has 0 spiro atoms. The fourth-order valence-electron chi connectivity index (χ4n) is 1.06. The second-order valence-corrected chi connectivity index (χ2v) is 3.91. The van der Waals surface area contributed by atoms with E-state index >= 15 is 0 Å². The first kappa shape index (κ1) is 11.7. The van der Waals surface area contributed by atoms with Gasteiger partial charge in [0.1, 0.15) is 11.3 Å². The number of hydrogen-bond acceptors (Lipinski definition) is 4. The summed E-state index contributed by atoms with van der Waals surface area (Å²) in [7, 11) is 0. The van der Waals surface area contributed by atoms with Gasteiger partial charge in [-0.2, -0.15) is 0 Å². The molecule has 15 heavy (non-hydrogen) atoms. The normalized spacial score (nSPS) is 12.9. The zero-order chi connectivity index (χ0) is 11.4. The standard InChI is InChI=1S/C10H17N3O2/c1-6(2)9(11)5-12-10(14)8-4-13-15-7(8)3/h4,6,9H,5,11H2,1-3H3,(H,12,14). The number of rotatable bonds is 4. The lowest BCUT2D eigenvalue weighted by atomic mass is 10.1.